The second kappa shape index (κ2) is 3.73. The van der Waals surface area contributed by atoms with Gasteiger partial charge in [0.15, 0.2) is 0 Å². The Labute approximate surface area is 88.2 Å². The van der Waals surface area contributed by atoms with E-state index in [1.807, 2.05) is 12.1 Å². The smallest absolute Gasteiger partial charge is 0.0495 e. The van der Waals surface area contributed by atoms with Gasteiger partial charge in [-0.05, 0) is 42.5 Å². The Morgan fingerprint density at radius 2 is 2.00 bits per heavy atom. The minimum atomic E-state index is 0.701. The molecule has 0 atom stereocenters. The van der Waals surface area contributed by atoms with Crippen LogP contribution in [0.2, 0.25) is 10.0 Å². The maximum Gasteiger partial charge on any atom is 0.0495 e. The minimum Gasteiger partial charge on any atom is -0.0843 e. The molecule has 0 N–H and O–H groups in total. The zero-order chi connectivity index (χ0) is 9.26. The van der Waals surface area contributed by atoms with Gasteiger partial charge in [-0.15, -0.1) is 0 Å². The highest BCUT2D eigenvalue weighted by atomic mass is 35.5. The summed E-state index contributed by atoms with van der Waals surface area (Å²) in [6.45, 7) is 0. The predicted molar refractivity (Wildman–Crippen MR) is 58.3 cm³/mol. The van der Waals surface area contributed by atoms with Gasteiger partial charge in [-0.1, -0.05) is 35.3 Å². The maximum absolute atomic E-state index is 6.08. The Balaban J connectivity index is 2.40. The molecule has 1 aliphatic carbocycles. The molecular weight excluding hydrogens is 203 g/mol. The van der Waals surface area contributed by atoms with E-state index in [1.165, 1.54) is 18.4 Å². The zero-order valence-electron chi connectivity index (χ0n) is 7.19. The summed E-state index contributed by atoms with van der Waals surface area (Å²) in [6, 6.07) is 5.70. The lowest BCUT2D eigenvalue weighted by atomic mass is 10.1. The van der Waals surface area contributed by atoms with Gasteiger partial charge in [0.1, 0.15) is 0 Å². The second-order valence-electron chi connectivity index (χ2n) is 3.25. The van der Waals surface area contributed by atoms with Crippen molar-refractivity contribution in [3.8, 4) is 0 Å². The Morgan fingerprint density at radius 3 is 2.62 bits per heavy atom. The first kappa shape index (κ1) is 9.11. The van der Waals surface area contributed by atoms with Gasteiger partial charge in [-0.25, -0.2) is 0 Å². The topological polar surface area (TPSA) is 0 Å². The highest BCUT2D eigenvalue weighted by Gasteiger charge is 2.10. The van der Waals surface area contributed by atoms with E-state index in [4.69, 9.17) is 23.2 Å². The third-order valence-electron chi connectivity index (χ3n) is 2.32. The van der Waals surface area contributed by atoms with Crippen LogP contribution in [0, 0.1) is 0 Å². The molecular formula is C11H10Cl2. The van der Waals surface area contributed by atoms with E-state index in [0.29, 0.717) is 5.02 Å². The Hall–Kier alpha value is -0.460. The summed E-state index contributed by atoms with van der Waals surface area (Å²) in [4.78, 5) is 0. The van der Waals surface area contributed by atoms with Gasteiger partial charge in [0, 0.05) is 10.0 Å². The van der Waals surface area contributed by atoms with Gasteiger partial charge in [-0.3, -0.25) is 0 Å². The summed E-state index contributed by atoms with van der Waals surface area (Å²) in [5, 5.41) is 1.47. The van der Waals surface area contributed by atoms with Crippen LogP contribution in [0.5, 0.6) is 0 Å². The molecule has 13 heavy (non-hydrogen) atoms. The van der Waals surface area contributed by atoms with Crippen molar-refractivity contribution in [3.63, 3.8) is 0 Å². The van der Waals surface area contributed by atoms with Crippen LogP contribution in [0.3, 0.4) is 0 Å². The van der Waals surface area contributed by atoms with Gasteiger partial charge in [-0.2, -0.15) is 0 Å². The highest BCUT2D eigenvalue weighted by molar-refractivity contribution is 6.35. The van der Waals surface area contributed by atoms with Gasteiger partial charge in [0.2, 0.25) is 0 Å². The number of allylic oxidation sites excluding steroid dienone is 2. The van der Waals surface area contributed by atoms with Crippen LogP contribution in [-0.2, 0) is 0 Å². The summed E-state index contributed by atoms with van der Waals surface area (Å²) in [7, 11) is 0. The summed E-state index contributed by atoms with van der Waals surface area (Å²) in [6.07, 6.45) is 5.82. The van der Waals surface area contributed by atoms with Crippen LogP contribution in [0.1, 0.15) is 24.8 Å². The number of benzene rings is 1. The van der Waals surface area contributed by atoms with Gasteiger partial charge >= 0.3 is 0 Å². The third-order valence-corrected chi connectivity index (χ3v) is 2.87. The molecule has 0 aliphatic heterocycles. The molecule has 1 aromatic rings. The first-order valence-corrected chi connectivity index (χ1v) is 5.17. The first-order chi connectivity index (χ1) is 6.27. The SMILES string of the molecule is Clc1ccc(C2=CCCC2)c(Cl)c1. The van der Waals surface area contributed by atoms with Crippen molar-refractivity contribution >= 4 is 28.8 Å². The van der Waals surface area contributed by atoms with E-state index in [-0.39, 0.29) is 0 Å². The molecule has 1 aliphatic rings. The molecule has 0 nitrogen and oxygen atoms in total. The van der Waals surface area contributed by atoms with Crippen LogP contribution in [0.4, 0.5) is 0 Å². The van der Waals surface area contributed by atoms with Crippen LogP contribution in [-0.4, -0.2) is 0 Å². The summed E-state index contributed by atoms with van der Waals surface area (Å²) in [5.41, 5.74) is 2.50. The lowest BCUT2D eigenvalue weighted by Crippen LogP contribution is -1.82. The summed E-state index contributed by atoms with van der Waals surface area (Å²) >= 11 is 11.9. The molecule has 0 fully saturated rings. The zero-order valence-corrected chi connectivity index (χ0v) is 8.70. The maximum atomic E-state index is 6.08. The van der Waals surface area contributed by atoms with Crippen molar-refractivity contribution in [3.05, 3.63) is 39.9 Å². The summed E-state index contributed by atoms with van der Waals surface area (Å²) in [5.74, 6) is 0. The highest BCUT2D eigenvalue weighted by Crippen LogP contribution is 2.33. The van der Waals surface area contributed by atoms with Gasteiger partial charge in [0.25, 0.3) is 0 Å². The van der Waals surface area contributed by atoms with E-state index in [0.717, 1.165) is 17.0 Å². The molecule has 0 aromatic heterocycles. The number of halogens is 2. The molecule has 0 radical (unpaired) electrons. The monoisotopic (exact) mass is 212 g/mol. The van der Waals surface area contributed by atoms with E-state index < -0.39 is 0 Å². The lowest BCUT2D eigenvalue weighted by Gasteiger charge is -2.04. The van der Waals surface area contributed by atoms with Crippen molar-refractivity contribution in [1.29, 1.82) is 0 Å². The van der Waals surface area contributed by atoms with Crippen molar-refractivity contribution in [1.82, 2.24) is 0 Å². The van der Waals surface area contributed by atoms with Crippen LogP contribution >= 0.6 is 23.2 Å². The number of hydrogen-bond donors (Lipinski definition) is 0. The fraction of sp³-hybridized carbons (Fsp3) is 0.273. The van der Waals surface area contributed by atoms with E-state index >= 15 is 0 Å². The second-order valence-corrected chi connectivity index (χ2v) is 4.09. The first-order valence-electron chi connectivity index (χ1n) is 4.42. The van der Waals surface area contributed by atoms with E-state index in [2.05, 4.69) is 6.08 Å². The van der Waals surface area contributed by atoms with E-state index in [1.54, 1.807) is 6.07 Å². The average Bonchev–Trinajstić information content (AvgIpc) is 2.56. The van der Waals surface area contributed by atoms with Crippen molar-refractivity contribution in [2.24, 2.45) is 0 Å². The quantitative estimate of drug-likeness (QED) is 0.641. The molecule has 68 valence electrons. The van der Waals surface area contributed by atoms with Crippen LogP contribution in [0.25, 0.3) is 5.57 Å². The molecule has 2 heteroatoms. The average molecular weight is 213 g/mol. The van der Waals surface area contributed by atoms with Gasteiger partial charge < -0.3 is 0 Å². The molecule has 0 amide bonds. The lowest BCUT2D eigenvalue weighted by molar-refractivity contribution is 0.935. The molecule has 0 bridgehead atoms. The number of hydrogen-bond acceptors (Lipinski definition) is 0. The largest absolute Gasteiger partial charge is 0.0843 e. The van der Waals surface area contributed by atoms with Crippen molar-refractivity contribution in [2.75, 3.05) is 0 Å². The minimum absolute atomic E-state index is 0.701. The molecule has 0 saturated heterocycles. The molecule has 0 heterocycles. The molecule has 0 spiro atoms. The van der Waals surface area contributed by atoms with Crippen molar-refractivity contribution in [2.45, 2.75) is 19.3 Å². The van der Waals surface area contributed by atoms with Gasteiger partial charge in [0.05, 0.1) is 0 Å². The Kier molecular flexibility index (Phi) is 2.61. The van der Waals surface area contributed by atoms with Crippen LogP contribution < -0.4 is 0 Å². The summed E-state index contributed by atoms with van der Waals surface area (Å²) < 4.78 is 0. The predicted octanol–water partition coefficient (Wildman–Crippen LogP) is 4.56. The fourth-order valence-electron chi connectivity index (χ4n) is 1.67. The fourth-order valence-corrected chi connectivity index (χ4v) is 2.20. The van der Waals surface area contributed by atoms with E-state index in [9.17, 15) is 0 Å². The third kappa shape index (κ3) is 1.90. The molecule has 0 unspecified atom stereocenters. The van der Waals surface area contributed by atoms with Crippen molar-refractivity contribution < 1.29 is 0 Å². The molecule has 2 rings (SSSR count). The van der Waals surface area contributed by atoms with Crippen LogP contribution in [0.15, 0.2) is 24.3 Å². The standard InChI is InChI=1S/C11H10Cl2/c12-9-5-6-10(11(13)7-9)8-3-1-2-4-8/h3,5-7H,1-2,4H2. The molecule has 1 aromatic carbocycles. The normalized spacial score (nSPS) is 16.0. The Bertz CT molecular complexity index is 353. The molecule has 0 saturated carbocycles. The number of rotatable bonds is 1. The Morgan fingerprint density at radius 1 is 1.15 bits per heavy atom.